The van der Waals surface area contributed by atoms with E-state index in [-0.39, 0.29) is 17.6 Å². The van der Waals surface area contributed by atoms with Crippen molar-refractivity contribution >= 4 is 35.0 Å². The van der Waals surface area contributed by atoms with Gasteiger partial charge in [0.1, 0.15) is 5.03 Å². The van der Waals surface area contributed by atoms with Gasteiger partial charge in [-0.2, -0.15) is 0 Å². The fourth-order valence-corrected chi connectivity index (χ4v) is 4.30. The fraction of sp³-hybridized carbons (Fsp3) is 0.240. The second-order valence-electron chi connectivity index (χ2n) is 7.38. The highest BCUT2D eigenvalue weighted by Gasteiger charge is 2.19. The Morgan fingerprint density at radius 2 is 1.58 bits per heavy atom. The summed E-state index contributed by atoms with van der Waals surface area (Å²) in [5.41, 5.74) is 5.79. The molecule has 0 spiro atoms. The van der Waals surface area contributed by atoms with Crippen molar-refractivity contribution in [1.82, 2.24) is 4.98 Å². The molecule has 2 N–H and O–H groups in total. The minimum absolute atomic E-state index is 0.128. The summed E-state index contributed by atoms with van der Waals surface area (Å²) in [5, 5.41) is 6.50. The Kier molecular flexibility index (Phi) is 7.47. The van der Waals surface area contributed by atoms with Gasteiger partial charge in [0.15, 0.2) is 0 Å². The van der Waals surface area contributed by atoms with Gasteiger partial charge in [-0.15, -0.1) is 0 Å². The lowest BCUT2D eigenvalue weighted by Crippen LogP contribution is -2.18. The highest BCUT2D eigenvalue weighted by molar-refractivity contribution is 8.00. The molecule has 0 fully saturated rings. The molecular formula is C25H27N3O2S. The van der Waals surface area contributed by atoms with Gasteiger partial charge in [0.25, 0.3) is 5.91 Å². The Morgan fingerprint density at radius 1 is 0.903 bits per heavy atom. The van der Waals surface area contributed by atoms with Gasteiger partial charge >= 0.3 is 0 Å². The number of nitrogens with one attached hydrogen (secondary N) is 2. The van der Waals surface area contributed by atoms with Gasteiger partial charge in [0, 0.05) is 17.1 Å². The molecular weight excluding hydrogens is 406 g/mol. The van der Waals surface area contributed by atoms with Crippen LogP contribution in [0.25, 0.3) is 0 Å². The Balaban J connectivity index is 1.77. The first-order valence-electron chi connectivity index (χ1n) is 10.2. The van der Waals surface area contributed by atoms with Crippen molar-refractivity contribution in [3.8, 4) is 0 Å². The molecule has 3 aromatic rings. The quantitative estimate of drug-likeness (QED) is 0.479. The molecule has 1 aromatic heterocycles. The van der Waals surface area contributed by atoms with Gasteiger partial charge in [-0.1, -0.05) is 55.1 Å². The van der Waals surface area contributed by atoms with Crippen LogP contribution in [0.15, 0.2) is 59.6 Å². The summed E-state index contributed by atoms with van der Waals surface area (Å²) >= 11 is 1.28. The fourth-order valence-electron chi connectivity index (χ4n) is 3.35. The number of pyridine rings is 1. The third-order valence-electron chi connectivity index (χ3n) is 4.94. The van der Waals surface area contributed by atoms with Crippen LogP contribution in [0, 0.1) is 20.8 Å². The number of carbonyl (C=O) groups excluding carboxylic acids is 2. The molecule has 0 aliphatic heterocycles. The number of anilines is 2. The third kappa shape index (κ3) is 5.73. The summed E-state index contributed by atoms with van der Waals surface area (Å²) in [4.78, 5) is 30.2. The van der Waals surface area contributed by atoms with Crippen molar-refractivity contribution in [1.29, 1.82) is 0 Å². The van der Waals surface area contributed by atoms with Crippen LogP contribution < -0.4 is 10.6 Å². The predicted molar refractivity (Wildman–Crippen MR) is 128 cm³/mol. The number of amides is 2. The SMILES string of the molecule is CCc1ccccc1NC(=O)CSc1nc(C)cc(C)c1C(=O)Nc1ccccc1C. The number of para-hydroxylation sites is 2. The Bertz CT molecular complexity index is 1110. The Hall–Kier alpha value is -3.12. The van der Waals surface area contributed by atoms with E-state index in [0.717, 1.165) is 40.2 Å². The summed E-state index contributed by atoms with van der Waals surface area (Å²) in [6, 6.07) is 17.3. The number of aryl methyl sites for hydroxylation is 4. The van der Waals surface area contributed by atoms with Crippen LogP contribution in [0.3, 0.4) is 0 Å². The molecule has 0 aliphatic carbocycles. The normalized spacial score (nSPS) is 10.6. The van der Waals surface area contributed by atoms with Gasteiger partial charge in [-0.25, -0.2) is 4.98 Å². The first-order valence-corrected chi connectivity index (χ1v) is 11.2. The van der Waals surface area contributed by atoms with E-state index >= 15 is 0 Å². The van der Waals surface area contributed by atoms with Gasteiger partial charge in [-0.3, -0.25) is 9.59 Å². The monoisotopic (exact) mass is 433 g/mol. The van der Waals surface area contributed by atoms with E-state index in [1.54, 1.807) is 0 Å². The van der Waals surface area contributed by atoms with Crippen molar-refractivity contribution < 1.29 is 9.59 Å². The van der Waals surface area contributed by atoms with Crippen LogP contribution in [0.2, 0.25) is 0 Å². The molecule has 0 unspecified atom stereocenters. The molecule has 2 amide bonds. The Labute approximate surface area is 187 Å². The van der Waals surface area contributed by atoms with E-state index in [4.69, 9.17) is 0 Å². The highest BCUT2D eigenvalue weighted by Crippen LogP contribution is 2.26. The van der Waals surface area contributed by atoms with E-state index < -0.39 is 0 Å². The molecule has 0 atom stereocenters. The minimum Gasteiger partial charge on any atom is -0.325 e. The number of aromatic nitrogens is 1. The zero-order valence-corrected chi connectivity index (χ0v) is 19.1. The average molecular weight is 434 g/mol. The molecule has 0 aliphatic rings. The molecule has 160 valence electrons. The number of hydrogen-bond donors (Lipinski definition) is 2. The smallest absolute Gasteiger partial charge is 0.258 e. The summed E-state index contributed by atoms with van der Waals surface area (Å²) in [5.74, 6) is -0.186. The van der Waals surface area contributed by atoms with E-state index in [9.17, 15) is 9.59 Å². The number of hydrogen-bond acceptors (Lipinski definition) is 4. The third-order valence-corrected chi connectivity index (χ3v) is 5.92. The molecule has 0 saturated heterocycles. The number of thioether (sulfide) groups is 1. The second-order valence-corrected chi connectivity index (χ2v) is 8.34. The van der Waals surface area contributed by atoms with E-state index in [2.05, 4.69) is 22.5 Å². The number of benzene rings is 2. The largest absolute Gasteiger partial charge is 0.325 e. The van der Waals surface area contributed by atoms with Crippen molar-refractivity contribution in [3.05, 3.63) is 82.5 Å². The standard InChI is InChI=1S/C25H27N3O2S/c1-5-19-11-7-9-13-21(19)27-22(29)15-31-25-23(17(3)14-18(4)26-25)24(30)28-20-12-8-6-10-16(20)2/h6-14H,5,15H2,1-4H3,(H,27,29)(H,28,30). The van der Waals surface area contributed by atoms with E-state index in [0.29, 0.717) is 10.6 Å². The van der Waals surface area contributed by atoms with E-state index in [1.807, 2.05) is 75.4 Å². The molecule has 6 heteroatoms. The van der Waals surface area contributed by atoms with Crippen LogP contribution in [0.1, 0.15) is 39.7 Å². The van der Waals surface area contributed by atoms with Crippen molar-refractivity contribution in [2.75, 3.05) is 16.4 Å². The van der Waals surface area contributed by atoms with Crippen LogP contribution in [0.4, 0.5) is 11.4 Å². The van der Waals surface area contributed by atoms with Crippen LogP contribution in [-0.2, 0) is 11.2 Å². The summed E-state index contributed by atoms with van der Waals surface area (Å²) in [6.07, 6.45) is 0.839. The number of rotatable bonds is 7. The maximum atomic E-state index is 13.1. The first-order chi connectivity index (χ1) is 14.9. The second kappa shape index (κ2) is 10.3. The lowest BCUT2D eigenvalue weighted by atomic mass is 10.1. The van der Waals surface area contributed by atoms with Crippen LogP contribution in [0.5, 0.6) is 0 Å². The van der Waals surface area contributed by atoms with Gasteiger partial charge < -0.3 is 10.6 Å². The molecule has 2 aromatic carbocycles. The maximum Gasteiger partial charge on any atom is 0.258 e. The summed E-state index contributed by atoms with van der Waals surface area (Å²) < 4.78 is 0. The topological polar surface area (TPSA) is 71.1 Å². The number of nitrogens with zero attached hydrogens (tertiary/aromatic N) is 1. The molecule has 0 bridgehead atoms. The lowest BCUT2D eigenvalue weighted by molar-refractivity contribution is -0.113. The molecule has 1 heterocycles. The number of carbonyl (C=O) groups is 2. The van der Waals surface area contributed by atoms with Crippen molar-refractivity contribution in [2.45, 2.75) is 39.1 Å². The molecule has 5 nitrogen and oxygen atoms in total. The van der Waals surface area contributed by atoms with Crippen LogP contribution in [-0.4, -0.2) is 22.6 Å². The molecule has 0 saturated carbocycles. The maximum absolute atomic E-state index is 13.1. The van der Waals surface area contributed by atoms with Crippen LogP contribution >= 0.6 is 11.8 Å². The summed E-state index contributed by atoms with van der Waals surface area (Å²) in [7, 11) is 0. The molecule has 31 heavy (non-hydrogen) atoms. The highest BCUT2D eigenvalue weighted by atomic mass is 32.2. The molecule has 0 radical (unpaired) electrons. The van der Waals surface area contributed by atoms with E-state index in [1.165, 1.54) is 11.8 Å². The van der Waals surface area contributed by atoms with Gasteiger partial charge in [-0.05, 0) is 62.1 Å². The zero-order chi connectivity index (χ0) is 22.4. The zero-order valence-electron chi connectivity index (χ0n) is 18.3. The lowest BCUT2D eigenvalue weighted by Gasteiger charge is -2.14. The Morgan fingerprint density at radius 3 is 2.29 bits per heavy atom. The van der Waals surface area contributed by atoms with Gasteiger partial charge in [0.2, 0.25) is 5.91 Å². The molecule has 3 rings (SSSR count). The first kappa shape index (κ1) is 22.6. The van der Waals surface area contributed by atoms with Crippen molar-refractivity contribution in [2.24, 2.45) is 0 Å². The van der Waals surface area contributed by atoms with Crippen molar-refractivity contribution in [3.63, 3.8) is 0 Å². The predicted octanol–water partition coefficient (Wildman–Crippen LogP) is 5.55. The minimum atomic E-state index is -0.224. The summed E-state index contributed by atoms with van der Waals surface area (Å²) in [6.45, 7) is 7.78. The van der Waals surface area contributed by atoms with Gasteiger partial charge in [0.05, 0.1) is 11.3 Å². The average Bonchev–Trinajstić information content (AvgIpc) is 2.73.